The molecule has 0 unspecified atom stereocenters. The van der Waals surface area contributed by atoms with E-state index in [9.17, 15) is 4.79 Å². The molecule has 140 valence electrons. The molecule has 1 amide bonds. The number of piperazine rings is 1. The molecule has 0 atom stereocenters. The third-order valence-corrected chi connectivity index (χ3v) is 4.28. The number of carbonyl (C=O) groups excluding carboxylic acids is 1. The van der Waals surface area contributed by atoms with E-state index < -0.39 is 5.60 Å². The summed E-state index contributed by atoms with van der Waals surface area (Å²) in [6, 6.07) is 6.48. The number of amides is 1. The summed E-state index contributed by atoms with van der Waals surface area (Å²) in [6.45, 7) is 13.5. The lowest BCUT2D eigenvalue weighted by atomic mass is 10.1. The number of aryl methyl sites for hydroxylation is 2. The molecule has 0 N–H and O–H groups in total. The van der Waals surface area contributed by atoms with Gasteiger partial charge in [0.15, 0.2) is 0 Å². The number of ether oxygens (including phenoxy) is 2. The van der Waals surface area contributed by atoms with Gasteiger partial charge in [0.25, 0.3) is 0 Å². The van der Waals surface area contributed by atoms with Crippen LogP contribution in [0.3, 0.4) is 0 Å². The predicted molar refractivity (Wildman–Crippen MR) is 100 cm³/mol. The third kappa shape index (κ3) is 6.24. The molecule has 1 aliphatic rings. The Labute approximate surface area is 151 Å². The maximum Gasteiger partial charge on any atom is 0.410 e. The molecule has 1 heterocycles. The van der Waals surface area contributed by atoms with E-state index in [0.29, 0.717) is 19.8 Å². The van der Waals surface area contributed by atoms with E-state index in [1.807, 2.05) is 20.8 Å². The summed E-state index contributed by atoms with van der Waals surface area (Å²) in [5.74, 6) is 0.936. The van der Waals surface area contributed by atoms with Gasteiger partial charge in [-0.15, -0.1) is 0 Å². The van der Waals surface area contributed by atoms with Crippen LogP contribution in [0.2, 0.25) is 0 Å². The van der Waals surface area contributed by atoms with E-state index in [0.717, 1.165) is 31.7 Å². The van der Waals surface area contributed by atoms with E-state index in [2.05, 4.69) is 36.9 Å². The van der Waals surface area contributed by atoms with E-state index >= 15 is 0 Å². The van der Waals surface area contributed by atoms with Crippen LogP contribution < -0.4 is 4.74 Å². The Morgan fingerprint density at radius 2 is 1.56 bits per heavy atom. The van der Waals surface area contributed by atoms with Crippen LogP contribution in [0.25, 0.3) is 0 Å². The molecule has 0 spiro atoms. The second-order valence-electron chi connectivity index (χ2n) is 7.55. The summed E-state index contributed by atoms with van der Waals surface area (Å²) < 4.78 is 11.4. The average Bonchev–Trinajstić information content (AvgIpc) is 2.58. The van der Waals surface area contributed by atoms with E-state index in [1.165, 1.54) is 11.1 Å². The van der Waals surface area contributed by atoms with Crippen molar-refractivity contribution >= 4 is 6.09 Å². The molecule has 1 aromatic carbocycles. The summed E-state index contributed by atoms with van der Waals surface area (Å²) in [5, 5.41) is 0. The second kappa shape index (κ2) is 8.56. The Bertz CT molecular complexity index is 551. The largest absolute Gasteiger partial charge is 0.478 e. The van der Waals surface area contributed by atoms with Crippen LogP contribution in [0.4, 0.5) is 4.79 Å². The molecule has 0 saturated carbocycles. The molecule has 0 aromatic heterocycles. The monoisotopic (exact) mass is 348 g/mol. The van der Waals surface area contributed by atoms with Crippen molar-refractivity contribution in [3.8, 4) is 5.75 Å². The van der Waals surface area contributed by atoms with Crippen molar-refractivity contribution in [1.82, 2.24) is 9.80 Å². The molecule has 1 fully saturated rings. The minimum atomic E-state index is -0.446. The van der Waals surface area contributed by atoms with Crippen LogP contribution in [0.15, 0.2) is 18.2 Å². The standard InChI is InChI=1S/C20H32N2O3/c1-6-16-12-17(7-2)14-18(13-16)24-15-21-8-10-22(11-9-21)19(23)25-20(3,4)5/h12-14H,6-11,15H2,1-5H3. The molecule has 1 aliphatic heterocycles. The fourth-order valence-corrected chi connectivity index (χ4v) is 2.77. The van der Waals surface area contributed by atoms with Crippen LogP contribution in [-0.2, 0) is 17.6 Å². The zero-order valence-corrected chi connectivity index (χ0v) is 16.3. The third-order valence-electron chi connectivity index (χ3n) is 4.28. The summed E-state index contributed by atoms with van der Waals surface area (Å²) in [4.78, 5) is 16.1. The van der Waals surface area contributed by atoms with Crippen LogP contribution >= 0.6 is 0 Å². The van der Waals surface area contributed by atoms with Gasteiger partial charge in [0.2, 0.25) is 0 Å². The zero-order valence-electron chi connectivity index (χ0n) is 16.3. The smallest absolute Gasteiger partial charge is 0.410 e. The van der Waals surface area contributed by atoms with Crippen LogP contribution in [0.1, 0.15) is 45.7 Å². The molecule has 0 bridgehead atoms. The quantitative estimate of drug-likeness (QED) is 0.814. The highest BCUT2D eigenvalue weighted by Crippen LogP contribution is 2.19. The minimum absolute atomic E-state index is 0.226. The highest BCUT2D eigenvalue weighted by atomic mass is 16.6. The highest BCUT2D eigenvalue weighted by Gasteiger charge is 2.25. The lowest BCUT2D eigenvalue weighted by Crippen LogP contribution is -2.50. The van der Waals surface area contributed by atoms with Gasteiger partial charge in [0.05, 0.1) is 0 Å². The molecule has 0 aliphatic carbocycles. The van der Waals surface area contributed by atoms with Gasteiger partial charge in [-0.1, -0.05) is 19.9 Å². The summed E-state index contributed by atoms with van der Waals surface area (Å²) in [5.41, 5.74) is 2.17. The summed E-state index contributed by atoms with van der Waals surface area (Å²) in [7, 11) is 0. The van der Waals surface area contributed by atoms with E-state index in [1.54, 1.807) is 4.90 Å². The molecular weight excluding hydrogens is 316 g/mol. The molecule has 25 heavy (non-hydrogen) atoms. The number of carbonyl (C=O) groups is 1. The lowest BCUT2D eigenvalue weighted by molar-refractivity contribution is 0.00680. The highest BCUT2D eigenvalue weighted by molar-refractivity contribution is 5.68. The molecule has 1 aromatic rings. The van der Waals surface area contributed by atoms with Gasteiger partial charge in [-0.3, -0.25) is 4.90 Å². The van der Waals surface area contributed by atoms with Crippen molar-refractivity contribution in [2.75, 3.05) is 32.9 Å². The maximum atomic E-state index is 12.1. The van der Waals surface area contributed by atoms with Crippen molar-refractivity contribution in [3.63, 3.8) is 0 Å². The first-order chi connectivity index (χ1) is 11.8. The Morgan fingerprint density at radius 1 is 1.00 bits per heavy atom. The van der Waals surface area contributed by atoms with Gasteiger partial charge in [-0.2, -0.15) is 0 Å². The predicted octanol–water partition coefficient (Wildman–Crippen LogP) is 3.70. The van der Waals surface area contributed by atoms with Gasteiger partial charge in [-0.25, -0.2) is 4.79 Å². The molecule has 0 radical (unpaired) electrons. The van der Waals surface area contributed by atoms with Crippen LogP contribution in [0, 0.1) is 0 Å². The maximum absolute atomic E-state index is 12.1. The van der Waals surface area contributed by atoms with Gasteiger partial charge in [0, 0.05) is 26.2 Å². The molecule has 2 rings (SSSR count). The number of nitrogens with zero attached hydrogens (tertiary/aromatic N) is 2. The summed E-state index contributed by atoms with van der Waals surface area (Å²) in [6.07, 6.45) is 1.80. The van der Waals surface area contributed by atoms with Gasteiger partial charge in [-0.05, 0) is 56.9 Å². The minimum Gasteiger partial charge on any atom is -0.478 e. The zero-order chi connectivity index (χ0) is 18.4. The fourth-order valence-electron chi connectivity index (χ4n) is 2.77. The molecular formula is C20H32N2O3. The Morgan fingerprint density at radius 3 is 2.04 bits per heavy atom. The Hall–Kier alpha value is -1.75. The van der Waals surface area contributed by atoms with Gasteiger partial charge >= 0.3 is 6.09 Å². The van der Waals surface area contributed by atoms with Crippen molar-refractivity contribution < 1.29 is 14.3 Å². The Balaban J connectivity index is 1.82. The fraction of sp³-hybridized carbons (Fsp3) is 0.650. The molecule has 1 saturated heterocycles. The second-order valence-corrected chi connectivity index (χ2v) is 7.55. The summed E-state index contributed by atoms with van der Waals surface area (Å²) >= 11 is 0. The number of rotatable bonds is 5. The van der Waals surface area contributed by atoms with Crippen molar-refractivity contribution in [2.24, 2.45) is 0 Å². The SMILES string of the molecule is CCc1cc(CC)cc(OCN2CCN(C(=O)OC(C)(C)C)CC2)c1. The first kappa shape index (κ1) is 19.6. The Kier molecular flexibility index (Phi) is 6.71. The first-order valence-electron chi connectivity index (χ1n) is 9.26. The van der Waals surface area contributed by atoms with Crippen molar-refractivity contribution in [1.29, 1.82) is 0 Å². The topological polar surface area (TPSA) is 42.0 Å². The molecule has 5 heteroatoms. The van der Waals surface area contributed by atoms with Crippen LogP contribution in [0.5, 0.6) is 5.75 Å². The lowest BCUT2D eigenvalue weighted by Gasteiger charge is -2.35. The average molecular weight is 348 g/mol. The number of hydrogen-bond acceptors (Lipinski definition) is 4. The van der Waals surface area contributed by atoms with E-state index in [-0.39, 0.29) is 6.09 Å². The van der Waals surface area contributed by atoms with E-state index in [4.69, 9.17) is 9.47 Å². The number of hydrogen-bond donors (Lipinski definition) is 0. The normalized spacial score (nSPS) is 16.0. The molecule has 5 nitrogen and oxygen atoms in total. The van der Waals surface area contributed by atoms with Crippen LogP contribution in [-0.4, -0.2) is 54.4 Å². The first-order valence-corrected chi connectivity index (χ1v) is 9.26. The van der Waals surface area contributed by atoms with Gasteiger partial charge in [0.1, 0.15) is 18.1 Å². The van der Waals surface area contributed by atoms with Crippen molar-refractivity contribution in [3.05, 3.63) is 29.3 Å². The van der Waals surface area contributed by atoms with Gasteiger partial charge < -0.3 is 14.4 Å². The number of benzene rings is 1. The van der Waals surface area contributed by atoms with Crippen molar-refractivity contribution in [2.45, 2.75) is 53.1 Å².